The lowest BCUT2D eigenvalue weighted by atomic mass is 9.68. The molecule has 3 atom stereocenters. The average Bonchev–Trinajstić information content (AvgIpc) is 2.63. The van der Waals surface area contributed by atoms with Crippen LogP contribution in [0.3, 0.4) is 0 Å². The maximum atomic E-state index is 12.8. The summed E-state index contributed by atoms with van der Waals surface area (Å²) in [5.41, 5.74) is 0.206. The fourth-order valence-corrected chi connectivity index (χ4v) is 4.34. The maximum absolute atomic E-state index is 12.8. The van der Waals surface area contributed by atoms with E-state index in [-0.39, 0.29) is 28.0 Å². The third-order valence-electron chi connectivity index (χ3n) is 5.37. The highest BCUT2D eigenvalue weighted by atomic mass is 35.5. The predicted octanol–water partition coefficient (Wildman–Crippen LogP) is 2.87. The fraction of sp³-hybridized carbons (Fsp3) is 0.286. The molecule has 4 rings (SSSR count). The zero-order valence-electron chi connectivity index (χ0n) is 15.7. The van der Waals surface area contributed by atoms with E-state index in [9.17, 15) is 20.1 Å². The minimum Gasteiger partial charge on any atom is -0.507 e. The van der Waals surface area contributed by atoms with Gasteiger partial charge < -0.3 is 24.6 Å². The summed E-state index contributed by atoms with van der Waals surface area (Å²) in [6.07, 6.45) is -0.892. The topological polar surface area (TPSA) is 94.1 Å². The van der Waals surface area contributed by atoms with E-state index in [0.29, 0.717) is 23.7 Å². The fourth-order valence-electron chi connectivity index (χ4n) is 4.11. The Hall–Kier alpha value is -2.48. The molecular formula is C21H19BClNO5. The van der Waals surface area contributed by atoms with Crippen molar-refractivity contribution in [2.45, 2.75) is 17.8 Å². The number of halogens is 1. The van der Waals surface area contributed by atoms with Crippen LogP contribution in [0.2, 0.25) is 10.8 Å². The van der Waals surface area contributed by atoms with E-state index in [4.69, 9.17) is 23.9 Å². The van der Waals surface area contributed by atoms with Crippen LogP contribution in [0, 0.1) is 0 Å². The molecule has 1 aromatic heterocycles. The molecule has 1 aliphatic heterocycles. The number of likely N-dealkylation sites (N-methyl/N-ethyl adjacent to an activating group) is 1. The van der Waals surface area contributed by atoms with Crippen LogP contribution in [-0.4, -0.2) is 54.3 Å². The third-order valence-corrected chi connectivity index (χ3v) is 5.70. The second-order valence-corrected chi connectivity index (χ2v) is 7.87. The molecule has 1 saturated heterocycles. The number of aliphatic hydroxyl groups is 1. The molecule has 2 heterocycles. The van der Waals surface area contributed by atoms with E-state index in [1.807, 2.05) is 11.9 Å². The number of hydrogen-bond acceptors (Lipinski definition) is 6. The summed E-state index contributed by atoms with van der Waals surface area (Å²) in [7, 11) is 8.12. The monoisotopic (exact) mass is 411 g/mol. The number of nitrogens with zero attached hydrogens (tertiary/aromatic N) is 1. The normalized spacial score (nSPS) is 22.8. The molecule has 3 aromatic rings. The Morgan fingerprint density at radius 2 is 1.90 bits per heavy atom. The number of benzene rings is 2. The SMILES string of the molecule is [B]C1CN(C)C[C@@H](O)[C@H]1c1c(O)cc(O)c2c(=O)cc(-c3ccccc3Cl)oc12. The van der Waals surface area contributed by atoms with Crippen LogP contribution in [0.1, 0.15) is 11.5 Å². The minimum atomic E-state index is -0.892. The number of rotatable bonds is 2. The molecule has 0 bridgehead atoms. The predicted molar refractivity (Wildman–Crippen MR) is 112 cm³/mol. The number of likely N-dealkylation sites (tertiary alicyclic amines) is 1. The van der Waals surface area contributed by atoms with E-state index in [1.54, 1.807) is 24.3 Å². The van der Waals surface area contributed by atoms with Crippen molar-refractivity contribution in [1.82, 2.24) is 4.90 Å². The van der Waals surface area contributed by atoms with Gasteiger partial charge in [-0.2, -0.15) is 0 Å². The molecule has 1 aliphatic rings. The summed E-state index contributed by atoms with van der Waals surface area (Å²) in [4.78, 5) is 14.7. The highest BCUT2D eigenvalue weighted by molar-refractivity contribution is 6.33. The Kier molecular flexibility index (Phi) is 5.06. The second-order valence-electron chi connectivity index (χ2n) is 7.47. The van der Waals surface area contributed by atoms with Crippen molar-refractivity contribution >= 4 is 30.4 Å². The Morgan fingerprint density at radius 1 is 1.17 bits per heavy atom. The van der Waals surface area contributed by atoms with Crippen LogP contribution in [0.25, 0.3) is 22.3 Å². The number of fused-ring (bicyclic) bond motifs is 1. The number of hydrogen-bond donors (Lipinski definition) is 3. The Morgan fingerprint density at radius 3 is 2.59 bits per heavy atom. The highest BCUT2D eigenvalue weighted by Gasteiger charge is 2.37. The number of aromatic hydroxyl groups is 2. The number of aliphatic hydroxyl groups excluding tert-OH is 1. The number of piperidine rings is 1. The first-order valence-corrected chi connectivity index (χ1v) is 9.55. The average molecular weight is 412 g/mol. The van der Waals surface area contributed by atoms with Crippen LogP contribution in [0.4, 0.5) is 0 Å². The lowest BCUT2D eigenvalue weighted by Crippen LogP contribution is -2.44. The van der Waals surface area contributed by atoms with Gasteiger partial charge in [-0.3, -0.25) is 4.79 Å². The smallest absolute Gasteiger partial charge is 0.197 e. The quantitative estimate of drug-likeness (QED) is 0.561. The van der Waals surface area contributed by atoms with E-state index >= 15 is 0 Å². The molecule has 0 saturated carbocycles. The lowest BCUT2D eigenvalue weighted by Gasteiger charge is -2.39. The summed E-state index contributed by atoms with van der Waals surface area (Å²) in [5, 5.41) is 31.9. The molecule has 6 nitrogen and oxygen atoms in total. The minimum absolute atomic E-state index is 0.00558. The van der Waals surface area contributed by atoms with Crippen LogP contribution < -0.4 is 5.43 Å². The Labute approximate surface area is 173 Å². The van der Waals surface area contributed by atoms with Crippen molar-refractivity contribution in [3.8, 4) is 22.8 Å². The van der Waals surface area contributed by atoms with Crippen molar-refractivity contribution in [2.75, 3.05) is 20.1 Å². The first kappa shape index (κ1) is 19.8. The maximum Gasteiger partial charge on any atom is 0.197 e. The van der Waals surface area contributed by atoms with Crippen molar-refractivity contribution in [2.24, 2.45) is 0 Å². The third kappa shape index (κ3) is 3.39. The van der Waals surface area contributed by atoms with E-state index in [1.165, 1.54) is 6.07 Å². The summed E-state index contributed by atoms with van der Waals surface area (Å²) < 4.78 is 5.99. The molecular weight excluding hydrogens is 392 g/mol. The molecule has 2 aromatic carbocycles. The van der Waals surface area contributed by atoms with Crippen LogP contribution in [-0.2, 0) is 0 Å². The van der Waals surface area contributed by atoms with Gasteiger partial charge in [0.15, 0.2) is 5.43 Å². The van der Waals surface area contributed by atoms with Gasteiger partial charge in [0, 0.05) is 35.7 Å². The molecule has 1 unspecified atom stereocenters. The van der Waals surface area contributed by atoms with Gasteiger partial charge in [-0.25, -0.2) is 0 Å². The number of β-amino-alcohol motifs (C(OH)–C–C–N with tert-alkyl or cyclic N) is 1. The van der Waals surface area contributed by atoms with Gasteiger partial charge in [0.25, 0.3) is 0 Å². The number of phenolic OH excluding ortho intramolecular Hbond substituents is 2. The van der Waals surface area contributed by atoms with Gasteiger partial charge in [-0.05, 0) is 25.7 Å². The second kappa shape index (κ2) is 7.41. The van der Waals surface area contributed by atoms with Crippen molar-refractivity contribution in [3.05, 3.63) is 57.2 Å². The van der Waals surface area contributed by atoms with Crippen LogP contribution in [0.15, 0.2) is 45.6 Å². The molecule has 3 N–H and O–H groups in total. The molecule has 148 valence electrons. The molecule has 29 heavy (non-hydrogen) atoms. The van der Waals surface area contributed by atoms with Crippen LogP contribution >= 0.6 is 11.6 Å². The summed E-state index contributed by atoms with van der Waals surface area (Å²) in [6.45, 7) is 0.826. The van der Waals surface area contributed by atoms with Crippen molar-refractivity contribution < 1.29 is 19.7 Å². The van der Waals surface area contributed by atoms with E-state index < -0.39 is 29.0 Å². The van der Waals surface area contributed by atoms with E-state index in [0.717, 1.165) is 6.07 Å². The zero-order chi connectivity index (χ0) is 20.9. The summed E-state index contributed by atoms with van der Waals surface area (Å²) >= 11 is 6.25. The van der Waals surface area contributed by atoms with Gasteiger partial charge in [-0.1, -0.05) is 29.6 Å². The van der Waals surface area contributed by atoms with Crippen molar-refractivity contribution in [1.29, 1.82) is 0 Å². The molecule has 0 aliphatic carbocycles. The van der Waals surface area contributed by atoms with Gasteiger partial charge in [0.1, 0.15) is 28.2 Å². The zero-order valence-corrected chi connectivity index (χ0v) is 16.4. The first-order valence-electron chi connectivity index (χ1n) is 9.17. The summed E-state index contributed by atoms with van der Waals surface area (Å²) in [6, 6.07) is 9.20. The highest BCUT2D eigenvalue weighted by Crippen LogP contribution is 2.45. The summed E-state index contributed by atoms with van der Waals surface area (Å²) in [5.74, 6) is -1.71. The first-order chi connectivity index (χ1) is 13.8. The molecule has 2 radical (unpaired) electrons. The van der Waals surface area contributed by atoms with Gasteiger partial charge in [0.05, 0.1) is 19.0 Å². The van der Waals surface area contributed by atoms with Gasteiger partial charge >= 0.3 is 0 Å². The lowest BCUT2D eigenvalue weighted by molar-refractivity contribution is 0.0637. The number of phenols is 2. The molecule has 0 amide bonds. The molecule has 1 fully saturated rings. The Bertz CT molecular complexity index is 1140. The largest absolute Gasteiger partial charge is 0.507 e. The molecule has 0 spiro atoms. The molecule has 8 heteroatoms. The van der Waals surface area contributed by atoms with Gasteiger partial charge in [0.2, 0.25) is 0 Å². The Balaban J connectivity index is 2.02. The van der Waals surface area contributed by atoms with E-state index in [2.05, 4.69) is 0 Å². The van der Waals surface area contributed by atoms with Gasteiger partial charge in [-0.15, -0.1) is 0 Å². The standard InChI is InChI=1S/C21H19BClNO5/c1-24-8-11(22)18(16(28)9-24)20-14(26)6-13(25)19-15(27)7-17(29-21(19)20)10-4-2-3-5-12(10)23/h2-7,11,16,18,25-26,28H,8-9H2,1H3/t11?,16-,18+/m1/s1. The van der Waals surface area contributed by atoms with Crippen LogP contribution in [0.5, 0.6) is 11.5 Å². The van der Waals surface area contributed by atoms with Crippen molar-refractivity contribution in [3.63, 3.8) is 0 Å².